The summed E-state index contributed by atoms with van der Waals surface area (Å²) in [5.74, 6) is 1.46. The van der Waals surface area contributed by atoms with E-state index in [2.05, 4.69) is 20.4 Å². The van der Waals surface area contributed by atoms with Crippen molar-refractivity contribution in [3.05, 3.63) is 11.5 Å². The van der Waals surface area contributed by atoms with Gasteiger partial charge in [-0.1, -0.05) is 5.16 Å². The molecule has 0 atom stereocenters. The van der Waals surface area contributed by atoms with Gasteiger partial charge in [-0.2, -0.15) is 4.98 Å². The fourth-order valence-corrected chi connectivity index (χ4v) is 1.75. The summed E-state index contributed by atoms with van der Waals surface area (Å²) >= 11 is 0. The van der Waals surface area contributed by atoms with Crippen LogP contribution in [0.25, 0.3) is 11.1 Å². The van der Waals surface area contributed by atoms with Crippen molar-refractivity contribution in [2.75, 3.05) is 25.1 Å². The van der Waals surface area contributed by atoms with Crippen molar-refractivity contribution in [2.45, 2.75) is 27.2 Å². The van der Waals surface area contributed by atoms with E-state index in [0.29, 0.717) is 11.5 Å². The third-order valence-electron chi connectivity index (χ3n) is 2.58. The van der Waals surface area contributed by atoms with Crippen molar-refractivity contribution < 1.29 is 9.26 Å². The van der Waals surface area contributed by atoms with Crippen molar-refractivity contribution in [3.63, 3.8) is 0 Å². The second-order valence-corrected chi connectivity index (χ2v) is 4.04. The van der Waals surface area contributed by atoms with E-state index in [9.17, 15) is 0 Å². The number of nitrogens with zero attached hydrogens (tertiary/aromatic N) is 3. The number of hydrogen-bond donors (Lipinski definition) is 1. The molecule has 0 bridgehead atoms. The second kappa shape index (κ2) is 5.77. The van der Waals surface area contributed by atoms with Gasteiger partial charge in [-0.05, 0) is 27.2 Å². The average Bonchev–Trinajstić information content (AvgIpc) is 2.70. The molecule has 18 heavy (non-hydrogen) atoms. The largest absolute Gasteiger partial charge is 0.382 e. The molecular weight excluding hydrogens is 232 g/mol. The lowest BCUT2D eigenvalue weighted by Gasteiger charge is -2.07. The molecule has 0 aliphatic carbocycles. The normalized spacial score (nSPS) is 11.1. The molecule has 0 unspecified atom stereocenters. The zero-order valence-electron chi connectivity index (χ0n) is 11.0. The molecule has 2 aromatic heterocycles. The summed E-state index contributed by atoms with van der Waals surface area (Å²) in [6.45, 7) is 8.01. The molecule has 2 rings (SSSR count). The van der Waals surface area contributed by atoms with Gasteiger partial charge in [0.05, 0.1) is 5.69 Å². The van der Waals surface area contributed by atoms with Gasteiger partial charge < -0.3 is 14.6 Å². The smallest absolute Gasteiger partial charge is 0.263 e. The molecule has 0 aliphatic rings. The van der Waals surface area contributed by atoms with E-state index in [1.54, 1.807) is 0 Å². The van der Waals surface area contributed by atoms with Crippen LogP contribution in [0.2, 0.25) is 0 Å². The molecule has 2 aromatic rings. The van der Waals surface area contributed by atoms with Crippen molar-refractivity contribution in [1.82, 2.24) is 15.1 Å². The van der Waals surface area contributed by atoms with Gasteiger partial charge in [0, 0.05) is 19.8 Å². The number of aromatic nitrogens is 3. The highest BCUT2D eigenvalue weighted by atomic mass is 16.5. The molecule has 6 nitrogen and oxygen atoms in total. The van der Waals surface area contributed by atoms with Crippen molar-refractivity contribution in [2.24, 2.45) is 0 Å². The van der Waals surface area contributed by atoms with E-state index in [1.165, 1.54) is 0 Å². The van der Waals surface area contributed by atoms with Gasteiger partial charge in [-0.3, -0.25) is 0 Å². The maximum Gasteiger partial charge on any atom is 0.263 e. The van der Waals surface area contributed by atoms with E-state index in [1.807, 2.05) is 20.8 Å². The summed E-state index contributed by atoms with van der Waals surface area (Å²) in [4.78, 5) is 8.60. The molecular formula is C12H18N4O2. The highest BCUT2D eigenvalue weighted by Gasteiger charge is 2.12. The van der Waals surface area contributed by atoms with Gasteiger partial charge in [0.25, 0.3) is 5.71 Å². The van der Waals surface area contributed by atoms with Crippen LogP contribution in [-0.2, 0) is 4.74 Å². The number of fused-ring (bicyclic) bond motifs is 1. The second-order valence-electron chi connectivity index (χ2n) is 4.04. The number of hydrogen-bond acceptors (Lipinski definition) is 6. The Hall–Kier alpha value is -1.69. The monoisotopic (exact) mass is 250 g/mol. The maximum atomic E-state index is 5.29. The van der Waals surface area contributed by atoms with E-state index in [4.69, 9.17) is 9.26 Å². The maximum absolute atomic E-state index is 5.29. The van der Waals surface area contributed by atoms with Crippen LogP contribution in [-0.4, -0.2) is 34.9 Å². The number of rotatable bonds is 6. The van der Waals surface area contributed by atoms with Crippen LogP contribution in [0.3, 0.4) is 0 Å². The van der Waals surface area contributed by atoms with Gasteiger partial charge in [-0.15, -0.1) is 0 Å². The average molecular weight is 250 g/mol. The lowest BCUT2D eigenvalue weighted by atomic mass is 10.3. The Bertz CT molecular complexity index is 524. The molecule has 0 spiro atoms. The minimum absolute atomic E-state index is 0.535. The zero-order valence-corrected chi connectivity index (χ0v) is 11.0. The highest BCUT2D eigenvalue weighted by Crippen LogP contribution is 2.23. The standard InChI is InChI=1S/C12H18N4O2/c1-4-17-7-5-6-13-11-10-8(2)16-18-12(10)15-9(3)14-11/h4-7H2,1-3H3,(H,13,14,15). The number of aryl methyl sites for hydroxylation is 2. The Balaban J connectivity index is 2.09. The van der Waals surface area contributed by atoms with Crippen molar-refractivity contribution >= 4 is 16.9 Å². The molecule has 6 heteroatoms. The lowest BCUT2D eigenvalue weighted by Crippen LogP contribution is -2.08. The van der Waals surface area contributed by atoms with Gasteiger partial charge in [0.15, 0.2) is 0 Å². The summed E-state index contributed by atoms with van der Waals surface area (Å²) in [7, 11) is 0. The Morgan fingerprint density at radius 3 is 2.89 bits per heavy atom. The van der Waals surface area contributed by atoms with Gasteiger partial charge in [-0.25, -0.2) is 4.98 Å². The summed E-state index contributed by atoms with van der Waals surface area (Å²) < 4.78 is 10.4. The first-order chi connectivity index (χ1) is 8.72. The fraction of sp³-hybridized carbons (Fsp3) is 0.583. The van der Waals surface area contributed by atoms with Crippen LogP contribution in [0.4, 0.5) is 5.82 Å². The van der Waals surface area contributed by atoms with Crippen LogP contribution < -0.4 is 5.32 Å². The Kier molecular flexibility index (Phi) is 4.09. The molecule has 1 N–H and O–H groups in total. The number of anilines is 1. The highest BCUT2D eigenvalue weighted by molar-refractivity contribution is 5.87. The van der Waals surface area contributed by atoms with Crippen LogP contribution in [0.15, 0.2) is 4.52 Å². The van der Waals surface area contributed by atoms with Crippen LogP contribution in [0, 0.1) is 13.8 Å². The minimum atomic E-state index is 0.535. The van der Waals surface area contributed by atoms with Crippen molar-refractivity contribution in [3.8, 4) is 0 Å². The first-order valence-electron chi connectivity index (χ1n) is 6.14. The molecule has 0 aromatic carbocycles. The van der Waals surface area contributed by atoms with Crippen LogP contribution in [0.5, 0.6) is 0 Å². The van der Waals surface area contributed by atoms with Crippen molar-refractivity contribution in [1.29, 1.82) is 0 Å². The molecule has 2 heterocycles. The first-order valence-corrected chi connectivity index (χ1v) is 6.14. The fourth-order valence-electron chi connectivity index (χ4n) is 1.75. The zero-order chi connectivity index (χ0) is 13.0. The first kappa shape index (κ1) is 12.8. The van der Waals surface area contributed by atoms with Gasteiger partial charge in [0.1, 0.15) is 17.0 Å². The molecule has 0 amide bonds. The SMILES string of the molecule is CCOCCCNc1nc(C)nc2onc(C)c12. The summed E-state index contributed by atoms with van der Waals surface area (Å²) in [6, 6.07) is 0. The van der Waals surface area contributed by atoms with Gasteiger partial charge in [0.2, 0.25) is 0 Å². The molecule has 0 saturated carbocycles. The lowest BCUT2D eigenvalue weighted by molar-refractivity contribution is 0.147. The predicted octanol–water partition coefficient (Wildman–Crippen LogP) is 2.07. The quantitative estimate of drug-likeness (QED) is 0.791. The molecule has 0 saturated heterocycles. The summed E-state index contributed by atoms with van der Waals surface area (Å²) in [5, 5.41) is 8.05. The Labute approximate surface area is 106 Å². The number of nitrogens with one attached hydrogen (secondary N) is 1. The van der Waals surface area contributed by atoms with E-state index in [-0.39, 0.29) is 0 Å². The van der Waals surface area contributed by atoms with Crippen LogP contribution in [0.1, 0.15) is 24.9 Å². The van der Waals surface area contributed by atoms with E-state index in [0.717, 1.165) is 43.1 Å². The number of ether oxygens (including phenoxy) is 1. The van der Waals surface area contributed by atoms with E-state index < -0.39 is 0 Å². The molecule has 0 aliphatic heterocycles. The Morgan fingerprint density at radius 2 is 2.11 bits per heavy atom. The minimum Gasteiger partial charge on any atom is -0.382 e. The van der Waals surface area contributed by atoms with E-state index >= 15 is 0 Å². The summed E-state index contributed by atoms with van der Waals surface area (Å²) in [6.07, 6.45) is 0.933. The van der Waals surface area contributed by atoms with Gasteiger partial charge >= 0.3 is 0 Å². The summed E-state index contributed by atoms with van der Waals surface area (Å²) in [5.41, 5.74) is 1.34. The third kappa shape index (κ3) is 2.76. The predicted molar refractivity (Wildman–Crippen MR) is 68.7 cm³/mol. The molecule has 0 radical (unpaired) electrons. The topological polar surface area (TPSA) is 73.1 Å². The molecule has 0 fully saturated rings. The third-order valence-corrected chi connectivity index (χ3v) is 2.58. The Morgan fingerprint density at radius 1 is 1.28 bits per heavy atom. The molecule has 98 valence electrons. The van der Waals surface area contributed by atoms with Crippen LogP contribution >= 0.6 is 0 Å².